The van der Waals surface area contributed by atoms with Gasteiger partial charge < -0.3 is 9.80 Å². The van der Waals surface area contributed by atoms with Gasteiger partial charge in [0.2, 0.25) is 5.95 Å². The van der Waals surface area contributed by atoms with Gasteiger partial charge in [-0.3, -0.25) is 0 Å². The van der Waals surface area contributed by atoms with E-state index in [9.17, 15) is 13.2 Å². The average molecular weight is 625 g/mol. The zero-order valence-electron chi connectivity index (χ0n) is 23.3. The van der Waals surface area contributed by atoms with Crippen LogP contribution in [0.5, 0.6) is 0 Å². The number of aromatic nitrogens is 3. The molecule has 9 heteroatoms. The third kappa shape index (κ3) is 6.83. The van der Waals surface area contributed by atoms with Crippen molar-refractivity contribution in [1.82, 2.24) is 15.0 Å². The number of para-hydroxylation sites is 1. The van der Waals surface area contributed by atoms with Crippen LogP contribution >= 0.6 is 15.9 Å². The lowest BCUT2D eigenvalue weighted by molar-refractivity contribution is -0.137. The Bertz CT molecular complexity index is 1530. The van der Waals surface area contributed by atoms with Crippen molar-refractivity contribution in [1.29, 1.82) is 0 Å². The van der Waals surface area contributed by atoms with E-state index in [2.05, 4.69) is 55.9 Å². The van der Waals surface area contributed by atoms with E-state index < -0.39 is 11.7 Å². The standard InChI is InChI=1S/C32H33BrF3N5/c1-20-10-24(12-27(11-20)32(34,35)36)18-41(31-37-14-28(33)15-38-31)19-26-13-25-5-3-4-21(2)29(25)39-30(26)40(16-22-6-7-22)17-23-8-9-23/h3-5,10-15,22-23H,6-9,16-19H2,1-2H3. The summed E-state index contributed by atoms with van der Waals surface area (Å²) < 4.78 is 41.8. The molecule has 0 saturated heterocycles. The van der Waals surface area contributed by atoms with E-state index in [4.69, 9.17) is 4.98 Å². The van der Waals surface area contributed by atoms with Gasteiger partial charge in [0, 0.05) is 49.5 Å². The van der Waals surface area contributed by atoms with Gasteiger partial charge in [0.05, 0.1) is 15.6 Å². The first-order valence-corrected chi connectivity index (χ1v) is 15.0. The number of benzene rings is 2. The summed E-state index contributed by atoms with van der Waals surface area (Å²) in [6.45, 7) is 6.38. The lowest BCUT2D eigenvalue weighted by Crippen LogP contribution is -2.32. The molecule has 0 atom stereocenters. The van der Waals surface area contributed by atoms with Crippen molar-refractivity contribution in [2.24, 2.45) is 11.8 Å². The van der Waals surface area contributed by atoms with Crippen molar-refractivity contribution >= 4 is 38.6 Å². The molecule has 0 bridgehead atoms. The summed E-state index contributed by atoms with van der Waals surface area (Å²) in [4.78, 5) is 18.8. The first-order chi connectivity index (χ1) is 19.6. The minimum absolute atomic E-state index is 0.225. The Labute approximate surface area is 247 Å². The molecule has 2 aromatic carbocycles. The molecule has 0 unspecified atom stereocenters. The molecule has 2 aromatic heterocycles. The van der Waals surface area contributed by atoms with Gasteiger partial charge in [-0.05, 0) is 96.6 Å². The maximum atomic E-state index is 13.7. The van der Waals surface area contributed by atoms with Crippen LogP contribution in [0.1, 0.15) is 53.5 Å². The topological polar surface area (TPSA) is 45.2 Å². The van der Waals surface area contributed by atoms with Crippen LogP contribution in [0.2, 0.25) is 0 Å². The molecule has 0 aliphatic heterocycles. The third-order valence-corrected chi connectivity index (χ3v) is 8.25. The summed E-state index contributed by atoms with van der Waals surface area (Å²) >= 11 is 3.41. The molecule has 2 fully saturated rings. The predicted molar refractivity (Wildman–Crippen MR) is 160 cm³/mol. The Morgan fingerprint density at radius 3 is 2.20 bits per heavy atom. The van der Waals surface area contributed by atoms with Crippen molar-refractivity contribution in [2.75, 3.05) is 22.9 Å². The maximum Gasteiger partial charge on any atom is 0.416 e. The van der Waals surface area contributed by atoms with E-state index in [1.807, 2.05) is 11.0 Å². The molecule has 2 aliphatic rings. The number of anilines is 2. The Hall–Kier alpha value is -3.20. The summed E-state index contributed by atoms with van der Waals surface area (Å²) in [6.07, 6.45) is 3.91. The Morgan fingerprint density at radius 2 is 1.56 bits per heavy atom. The van der Waals surface area contributed by atoms with E-state index in [-0.39, 0.29) is 6.54 Å². The molecular weight excluding hydrogens is 591 g/mol. The molecule has 0 spiro atoms. The van der Waals surface area contributed by atoms with Crippen molar-refractivity contribution in [2.45, 2.75) is 58.8 Å². The number of hydrogen-bond acceptors (Lipinski definition) is 5. The second kappa shape index (κ2) is 11.2. The van der Waals surface area contributed by atoms with Gasteiger partial charge in [0.15, 0.2) is 0 Å². The fourth-order valence-corrected chi connectivity index (χ4v) is 5.66. The van der Waals surface area contributed by atoms with E-state index in [1.165, 1.54) is 37.8 Å². The van der Waals surface area contributed by atoms with Crippen molar-refractivity contribution < 1.29 is 13.2 Å². The number of nitrogens with zero attached hydrogens (tertiary/aromatic N) is 5. The lowest BCUT2D eigenvalue weighted by Gasteiger charge is -2.30. The van der Waals surface area contributed by atoms with Crippen LogP contribution in [-0.2, 0) is 19.3 Å². The second-order valence-corrected chi connectivity index (χ2v) is 12.6. The zero-order chi connectivity index (χ0) is 28.7. The highest BCUT2D eigenvalue weighted by atomic mass is 79.9. The Kier molecular flexibility index (Phi) is 7.66. The smallest absolute Gasteiger partial charge is 0.356 e. The number of hydrogen-bond donors (Lipinski definition) is 0. The first kappa shape index (κ1) is 27.9. The molecule has 41 heavy (non-hydrogen) atoms. The molecular formula is C32H33BrF3N5. The van der Waals surface area contributed by atoms with Crippen molar-refractivity contribution in [3.8, 4) is 0 Å². The normalized spacial score (nSPS) is 15.4. The van der Waals surface area contributed by atoms with E-state index in [1.54, 1.807) is 25.4 Å². The summed E-state index contributed by atoms with van der Waals surface area (Å²) in [6, 6.07) is 12.6. The van der Waals surface area contributed by atoms with Gasteiger partial charge in [0.1, 0.15) is 5.82 Å². The van der Waals surface area contributed by atoms with Gasteiger partial charge >= 0.3 is 6.18 Å². The van der Waals surface area contributed by atoms with Crippen LogP contribution in [0.15, 0.2) is 59.3 Å². The highest BCUT2D eigenvalue weighted by molar-refractivity contribution is 9.10. The molecule has 2 saturated carbocycles. The van der Waals surface area contributed by atoms with E-state index in [0.717, 1.165) is 45.4 Å². The van der Waals surface area contributed by atoms with Crippen LogP contribution in [0.25, 0.3) is 10.9 Å². The molecule has 5 nitrogen and oxygen atoms in total. The molecule has 0 radical (unpaired) electrons. The van der Waals surface area contributed by atoms with Gasteiger partial charge in [-0.15, -0.1) is 0 Å². The summed E-state index contributed by atoms with van der Waals surface area (Å²) in [5.74, 6) is 2.80. The fourth-order valence-electron chi connectivity index (χ4n) is 5.45. The number of fused-ring (bicyclic) bond motifs is 1. The van der Waals surface area contributed by atoms with Crippen LogP contribution < -0.4 is 9.80 Å². The number of pyridine rings is 1. The second-order valence-electron chi connectivity index (χ2n) is 11.7. The first-order valence-electron chi connectivity index (χ1n) is 14.2. The van der Waals surface area contributed by atoms with Crippen LogP contribution in [0.4, 0.5) is 24.9 Å². The quantitative estimate of drug-likeness (QED) is 0.178. The number of aryl methyl sites for hydroxylation is 2. The Balaban J connectivity index is 1.43. The summed E-state index contributed by atoms with van der Waals surface area (Å²) in [5.41, 5.74) is 3.62. The van der Waals surface area contributed by atoms with Crippen molar-refractivity contribution in [3.05, 3.63) is 87.1 Å². The minimum Gasteiger partial charge on any atom is -0.356 e. The molecule has 2 heterocycles. The highest BCUT2D eigenvalue weighted by Gasteiger charge is 2.33. The molecule has 4 aromatic rings. The average Bonchev–Trinajstić information content (AvgIpc) is 3.85. The number of halogens is 4. The molecule has 2 aliphatic carbocycles. The molecule has 0 amide bonds. The maximum absolute atomic E-state index is 13.7. The highest BCUT2D eigenvalue weighted by Crippen LogP contribution is 2.38. The Morgan fingerprint density at radius 1 is 0.878 bits per heavy atom. The number of alkyl halides is 3. The zero-order valence-corrected chi connectivity index (χ0v) is 24.8. The van der Waals surface area contributed by atoms with Gasteiger partial charge in [-0.1, -0.05) is 29.8 Å². The van der Waals surface area contributed by atoms with Gasteiger partial charge in [0.25, 0.3) is 0 Å². The third-order valence-electron chi connectivity index (χ3n) is 7.84. The van der Waals surface area contributed by atoms with Crippen molar-refractivity contribution in [3.63, 3.8) is 0 Å². The molecule has 214 valence electrons. The predicted octanol–water partition coefficient (Wildman–Crippen LogP) is 8.26. The van der Waals surface area contributed by atoms with E-state index in [0.29, 0.717) is 35.5 Å². The van der Waals surface area contributed by atoms with Crippen LogP contribution in [0, 0.1) is 25.7 Å². The SMILES string of the molecule is Cc1cc(CN(Cc2cc3cccc(C)c3nc2N(CC2CC2)CC2CC2)c2ncc(Br)cn2)cc(C(F)(F)F)c1. The van der Waals surface area contributed by atoms with Crippen LogP contribution in [0.3, 0.4) is 0 Å². The summed E-state index contributed by atoms with van der Waals surface area (Å²) in [7, 11) is 0. The van der Waals surface area contributed by atoms with Gasteiger partial charge in [-0.2, -0.15) is 13.2 Å². The lowest BCUT2D eigenvalue weighted by atomic mass is 10.0. The largest absolute Gasteiger partial charge is 0.416 e. The summed E-state index contributed by atoms with van der Waals surface area (Å²) in [5, 5.41) is 1.05. The monoisotopic (exact) mass is 623 g/mol. The minimum atomic E-state index is -4.42. The molecule has 6 rings (SSSR count). The molecule has 0 N–H and O–H groups in total. The number of rotatable bonds is 10. The van der Waals surface area contributed by atoms with Crippen LogP contribution in [-0.4, -0.2) is 28.0 Å². The fraction of sp³-hybridized carbons (Fsp3) is 0.406. The van der Waals surface area contributed by atoms with E-state index >= 15 is 0 Å². The van der Waals surface area contributed by atoms with Gasteiger partial charge in [-0.25, -0.2) is 15.0 Å².